The molecule has 1 aromatic rings. The van der Waals surface area contributed by atoms with Gasteiger partial charge in [0.2, 0.25) is 0 Å². The van der Waals surface area contributed by atoms with E-state index in [9.17, 15) is 0 Å². The molecule has 1 saturated carbocycles. The first-order valence-electron chi connectivity index (χ1n) is 7.35. The van der Waals surface area contributed by atoms with Crippen molar-refractivity contribution in [1.82, 2.24) is 20.1 Å². The van der Waals surface area contributed by atoms with Gasteiger partial charge in [0.1, 0.15) is 6.33 Å². The number of aromatic nitrogens is 3. The third kappa shape index (κ3) is 3.72. The number of hydrogen-bond acceptors (Lipinski definition) is 4. The molecule has 0 radical (unpaired) electrons. The molecule has 5 heteroatoms. The van der Waals surface area contributed by atoms with E-state index in [1.165, 1.54) is 19.3 Å². The van der Waals surface area contributed by atoms with Crippen molar-refractivity contribution < 1.29 is 0 Å². The van der Waals surface area contributed by atoms with Crippen molar-refractivity contribution in [3.8, 4) is 0 Å². The lowest BCUT2D eigenvalue weighted by Crippen LogP contribution is -2.46. The number of aryl methyl sites for hydroxylation is 1. The largest absolute Gasteiger partial charge is 0.313 e. The Morgan fingerprint density at radius 3 is 2.84 bits per heavy atom. The van der Waals surface area contributed by atoms with Crippen LogP contribution in [0.5, 0.6) is 0 Å². The molecular weight excluding hydrogens is 256 g/mol. The van der Waals surface area contributed by atoms with Gasteiger partial charge < -0.3 is 5.32 Å². The number of hydrogen-bond donors (Lipinski definition) is 1. The molecule has 1 aliphatic carbocycles. The van der Waals surface area contributed by atoms with Crippen LogP contribution in [0.25, 0.3) is 0 Å². The van der Waals surface area contributed by atoms with E-state index in [0.717, 1.165) is 23.5 Å². The maximum Gasteiger partial charge on any atom is 0.186 e. The molecule has 1 aliphatic rings. The van der Waals surface area contributed by atoms with Crippen molar-refractivity contribution in [2.24, 2.45) is 18.9 Å². The second kappa shape index (κ2) is 6.75. The summed E-state index contributed by atoms with van der Waals surface area (Å²) in [5.41, 5.74) is 0. The SMILES string of the molecule is CCCNC1CC(C)CC(C)C1Sc1ncnn1C. The summed E-state index contributed by atoms with van der Waals surface area (Å²) in [5.74, 6) is 1.54. The summed E-state index contributed by atoms with van der Waals surface area (Å²) in [6.45, 7) is 8.10. The molecule has 1 aromatic heterocycles. The predicted molar refractivity (Wildman–Crippen MR) is 80.3 cm³/mol. The topological polar surface area (TPSA) is 42.7 Å². The molecule has 0 bridgehead atoms. The number of thioether (sulfide) groups is 1. The summed E-state index contributed by atoms with van der Waals surface area (Å²) in [5, 5.41) is 9.55. The van der Waals surface area contributed by atoms with Gasteiger partial charge in [0.25, 0.3) is 0 Å². The normalized spacial score (nSPS) is 31.6. The lowest BCUT2D eigenvalue weighted by atomic mass is 9.80. The monoisotopic (exact) mass is 282 g/mol. The van der Waals surface area contributed by atoms with Crippen LogP contribution in [-0.2, 0) is 7.05 Å². The number of nitrogens with one attached hydrogen (secondary N) is 1. The van der Waals surface area contributed by atoms with Crippen LogP contribution in [0.15, 0.2) is 11.5 Å². The highest BCUT2D eigenvalue weighted by Crippen LogP contribution is 2.38. The van der Waals surface area contributed by atoms with Crippen LogP contribution < -0.4 is 5.32 Å². The Balaban J connectivity index is 2.06. The predicted octanol–water partition coefficient (Wildman–Crippen LogP) is 2.71. The van der Waals surface area contributed by atoms with Crippen molar-refractivity contribution in [1.29, 1.82) is 0 Å². The molecule has 1 N–H and O–H groups in total. The van der Waals surface area contributed by atoms with Crippen molar-refractivity contribution in [3.05, 3.63) is 6.33 Å². The van der Waals surface area contributed by atoms with E-state index in [-0.39, 0.29) is 0 Å². The van der Waals surface area contributed by atoms with Gasteiger partial charge in [0.05, 0.1) is 0 Å². The van der Waals surface area contributed by atoms with Crippen LogP contribution in [0.3, 0.4) is 0 Å². The van der Waals surface area contributed by atoms with Gasteiger partial charge in [-0.2, -0.15) is 5.10 Å². The fourth-order valence-electron chi connectivity index (χ4n) is 3.07. The number of nitrogens with zero attached hydrogens (tertiary/aromatic N) is 3. The zero-order valence-corrected chi connectivity index (χ0v) is 13.3. The number of rotatable bonds is 5. The Hall–Kier alpha value is -0.550. The highest BCUT2D eigenvalue weighted by atomic mass is 32.2. The highest BCUT2D eigenvalue weighted by molar-refractivity contribution is 7.99. The van der Waals surface area contributed by atoms with Crippen molar-refractivity contribution in [3.63, 3.8) is 0 Å². The average Bonchev–Trinajstić information content (AvgIpc) is 2.76. The summed E-state index contributed by atoms with van der Waals surface area (Å²) < 4.78 is 1.88. The van der Waals surface area contributed by atoms with E-state index < -0.39 is 0 Å². The lowest BCUT2D eigenvalue weighted by molar-refractivity contribution is 0.249. The molecule has 19 heavy (non-hydrogen) atoms. The molecule has 0 saturated heterocycles. The minimum Gasteiger partial charge on any atom is -0.313 e. The van der Waals surface area contributed by atoms with E-state index in [0.29, 0.717) is 11.3 Å². The molecule has 1 heterocycles. The molecule has 4 atom stereocenters. The summed E-state index contributed by atoms with van der Waals surface area (Å²) in [7, 11) is 1.97. The summed E-state index contributed by atoms with van der Waals surface area (Å²) in [6, 6.07) is 0.598. The van der Waals surface area contributed by atoms with E-state index in [2.05, 4.69) is 36.2 Å². The van der Waals surface area contributed by atoms with E-state index in [4.69, 9.17) is 0 Å². The molecule has 108 valence electrons. The van der Waals surface area contributed by atoms with Gasteiger partial charge in [-0.15, -0.1) is 0 Å². The maximum atomic E-state index is 4.37. The zero-order chi connectivity index (χ0) is 13.8. The van der Waals surface area contributed by atoms with Gasteiger partial charge in [0.15, 0.2) is 5.16 Å². The van der Waals surface area contributed by atoms with Gasteiger partial charge in [-0.1, -0.05) is 32.5 Å². The minimum absolute atomic E-state index is 0.598. The summed E-state index contributed by atoms with van der Waals surface area (Å²) in [6.07, 6.45) is 5.44. The first kappa shape index (κ1) is 14.9. The van der Waals surface area contributed by atoms with Crippen molar-refractivity contribution >= 4 is 11.8 Å². The zero-order valence-electron chi connectivity index (χ0n) is 12.5. The van der Waals surface area contributed by atoms with Crippen LogP contribution in [0.2, 0.25) is 0 Å². The van der Waals surface area contributed by atoms with Crippen LogP contribution >= 0.6 is 11.8 Å². The van der Waals surface area contributed by atoms with Crippen LogP contribution in [0.4, 0.5) is 0 Å². The van der Waals surface area contributed by atoms with E-state index in [1.54, 1.807) is 6.33 Å². The van der Waals surface area contributed by atoms with E-state index in [1.807, 2.05) is 23.5 Å². The van der Waals surface area contributed by atoms with Crippen molar-refractivity contribution in [2.45, 2.75) is 56.5 Å². The third-order valence-corrected chi connectivity index (χ3v) is 5.60. The second-order valence-electron chi connectivity index (χ2n) is 5.86. The van der Waals surface area contributed by atoms with Gasteiger partial charge in [-0.3, -0.25) is 0 Å². The molecule has 1 fully saturated rings. The van der Waals surface area contributed by atoms with Crippen LogP contribution in [0, 0.1) is 11.8 Å². The summed E-state index contributed by atoms with van der Waals surface area (Å²) >= 11 is 1.89. The second-order valence-corrected chi connectivity index (χ2v) is 7.01. The van der Waals surface area contributed by atoms with Gasteiger partial charge in [-0.25, -0.2) is 9.67 Å². The fourth-order valence-corrected chi connectivity index (χ4v) is 4.34. The highest BCUT2D eigenvalue weighted by Gasteiger charge is 2.35. The van der Waals surface area contributed by atoms with Gasteiger partial charge in [-0.05, 0) is 37.6 Å². The van der Waals surface area contributed by atoms with Crippen LogP contribution in [0.1, 0.15) is 40.0 Å². The molecule has 0 spiro atoms. The summed E-state index contributed by atoms with van der Waals surface area (Å²) in [4.78, 5) is 4.37. The maximum absolute atomic E-state index is 4.37. The molecule has 4 nitrogen and oxygen atoms in total. The molecule has 0 amide bonds. The quantitative estimate of drug-likeness (QED) is 0.902. The molecule has 2 rings (SSSR count). The Labute approximate surface area is 120 Å². The Morgan fingerprint density at radius 1 is 1.42 bits per heavy atom. The molecular formula is C14H26N4S. The molecule has 4 unspecified atom stereocenters. The van der Waals surface area contributed by atoms with Crippen molar-refractivity contribution in [2.75, 3.05) is 6.54 Å². The van der Waals surface area contributed by atoms with E-state index >= 15 is 0 Å². The fraction of sp³-hybridized carbons (Fsp3) is 0.857. The first-order valence-corrected chi connectivity index (χ1v) is 8.23. The minimum atomic E-state index is 0.598. The molecule has 0 aliphatic heterocycles. The lowest BCUT2D eigenvalue weighted by Gasteiger charge is -2.39. The third-order valence-electron chi connectivity index (χ3n) is 3.96. The first-order chi connectivity index (χ1) is 9.11. The van der Waals surface area contributed by atoms with Gasteiger partial charge >= 0.3 is 0 Å². The average molecular weight is 282 g/mol. The molecule has 0 aromatic carbocycles. The Bertz CT molecular complexity index is 393. The Kier molecular flexibility index (Phi) is 5.28. The standard InChI is InChI=1S/C14H26N4S/c1-5-6-15-12-8-10(2)7-11(3)13(12)19-14-16-9-17-18(14)4/h9-13,15H,5-8H2,1-4H3. The Morgan fingerprint density at radius 2 is 2.21 bits per heavy atom. The van der Waals surface area contributed by atoms with Crippen LogP contribution in [-0.4, -0.2) is 32.6 Å². The van der Waals surface area contributed by atoms with Gasteiger partial charge in [0, 0.05) is 18.3 Å². The smallest absolute Gasteiger partial charge is 0.186 e.